The van der Waals surface area contributed by atoms with E-state index in [1.54, 1.807) is 30.3 Å². The number of ether oxygens (including phenoxy) is 2. The molecule has 0 spiro atoms. The molecule has 0 saturated heterocycles. The number of rotatable bonds is 11. The van der Waals surface area contributed by atoms with Crippen molar-refractivity contribution in [3.8, 4) is 23.2 Å². The molecule has 44 heavy (non-hydrogen) atoms. The van der Waals surface area contributed by atoms with Crippen molar-refractivity contribution < 1.29 is 38.1 Å². The molecule has 222 valence electrons. The Morgan fingerprint density at radius 2 is 1.75 bits per heavy atom. The standard InChI is InChI=1S/C32H24F2N4O6/c1-43-28(32(41)42)16-38-27-13-21(31(39)40)9-10-26(27)36-29(38)14-19-7-8-20(12-24(19)34)25-3-2-4-30(37-25)44-17-22-6-5-18(15-35)11-23(22)33/h2-13,28H,14,16-17H2,1H3,(H,39,40)(H,41,42)/t28-/m0/s1. The molecule has 0 amide bonds. The van der Waals surface area contributed by atoms with Crippen molar-refractivity contribution in [1.29, 1.82) is 5.26 Å². The van der Waals surface area contributed by atoms with Crippen molar-refractivity contribution in [3.63, 3.8) is 0 Å². The van der Waals surface area contributed by atoms with E-state index in [9.17, 15) is 24.2 Å². The lowest BCUT2D eigenvalue weighted by atomic mass is 10.1. The smallest absolute Gasteiger partial charge is 0.335 e. The zero-order valence-corrected chi connectivity index (χ0v) is 23.2. The van der Waals surface area contributed by atoms with E-state index in [2.05, 4.69) is 9.97 Å². The maximum Gasteiger partial charge on any atom is 0.335 e. The van der Waals surface area contributed by atoms with E-state index in [0.29, 0.717) is 28.1 Å². The molecule has 0 fully saturated rings. The highest BCUT2D eigenvalue weighted by Gasteiger charge is 2.22. The van der Waals surface area contributed by atoms with Gasteiger partial charge in [-0.2, -0.15) is 5.26 Å². The minimum atomic E-state index is -1.25. The number of halogens is 2. The number of nitrogens with zero attached hydrogens (tertiary/aromatic N) is 4. The number of aromatic nitrogens is 3. The van der Waals surface area contributed by atoms with Crippen LogP contribution in [0.5, 0.6) is 5.88 Å². The molecule has 2 aromatic heterocycles. The highest BCUT2D eigenvalue weighted by atomic mass is 19.1. The number of carbonyl (C=O) groups is 2. The SMILES string of the molecule is CO[C@@H](Cn1c(Cc2ccc(-c3cccc(OCc4ccc(C#N)cc4F)n3)cc2F)nc2ccc(C(=O)O)cc21)C(=O)O. The summed E-state index contributed by atoms with van der Waals surface area (Å²) in [6.45, 7) is -0.300. The van der Waals surface area contributed by atoms with Crippen LogP contribution in [-0.2, 0) is 29.1 Å². The Balaban J connectivity index is 1.40. The Kier molecular flexibility index (Phi) is 8.59. The predicted molar refractivity (Wildman–Crippen MR) is 153 cm³/mol. The highest BCUT2D eigenvalue weighted by molar-refractivity contribution is 5.92. The van der Waals surface area contributed by atoms with Crippen molar-refractivity contribution in [3.05, 3.63) is 113 Å². The minimum Gasteiger partial charge on any atom is -0.479 e. The van der Waals surface area contributed by atoms with Gasteiger partial charge in [-0.05, 0) is 48.0 Å². The molecule has 0 saturated carbocycles. The molecule has 1 atom stereocenters. The monoisotopic (exact) mass is 598 g/mol. The summed E-state index contributed by atoms with van der Waals surface area (Å²) < 4.78 is 41.9. The van der Waals surface area contributed by atoms with Crippen LogP contribution in [-0.4, -0.2) is 49.9 Å². The summed E-state index contributed by atoms with van der Waals surface area (Å²) in [6.07, 6.45) is -1.27. The van der Waals surface area contributed by atoms with Gasteiger partial charge < -0.3 is 24.3 Å². The molecule has 10 nitrogen and oxygen atoms in total. The molecule has 0 unspecified atom stereocenters. The Hall–Kier alpha value is -5.67. The lowest BCUT2D eigenvalue weighted by Gasteiger charge is -2.15. The topological polar surface area (TPSA) is 148 Å². The van der Waals surface area contributed by atoms with Gasteiger partial charge in [-0.1, -0.05) is 24.3 Å². The molecule has 12 heteroatoms. The van der Waals surface area contributed by atoms with E-state index < -0.39 is 29.7 Å². The zero-order chi connectivity index (χ0) is 31.4. The molecule has 0 radical (unpaired) electrons. The number of aromatic carboxylic acids is 1. The number of fused-ring (bicyclic) bond motifs is 1. The van der Waals surface area contributed by atoms with E-state index in [1.165, 1.54) is 48.1 Å². The molecule has 5 rings (SSSR count). The van der Waals surface area contributed by atoms with Crippen LogP contribution in [0, 0.1) is 23.0 Å². The first-order valence-corrected chi connectivity index (χ1v) is 13.2. The van der Waals surface area contributed by atoms with Crippen LogP contribution < -0.4 is 4.74 Å². The van der Waals surface area contributed by atoms with E-state index in [4.69, 9.17) is 14.7 Å². The van der Waals surface area contributed by atoms with Crippen LogP contribution in [0.3, 0.4) is 0 Å². The number of benzene rings is 3. The van der Waals surface area contributed by atoms with Crippen LogP contribution >= 0.6 is 0 Å². The van der Waals surface area contributed by atoms with Gasteiger partial charge in [0.15, 0.2) is 6.10 Å². The Morgan fingerprint density at radius 3 is 2.43 bits per heavy atom. The quantitative estimate of drug-likeness (QED) is 0.209. The molecular weight excluding hydrogens is 574 g/mol. The van der Waals surface area contributed by atoms with Crippen molar-refractivity contribution in [2.45, 2.75) is 25.7 Å². The van der Waals surface area contributed by atoms with Crippen LogP contribution in [0.25, 0.3) is 22.3 Å². The first-order chi connectivity index (χ1) is 21.2. The summed E-state index contributed by atoms with van der Waals surface area (Å²) >= 11 is 0. The summed E-state index contributed by atoms with van der Waals surface area (Å²) in [5, 5.41) is 27.9. The highest BCUT2D eigenvalue weighted by Crippen LogP contribution is 2.26. The van der Waals surface area contributed by atoms with Gasteiger partial charge in [-0.25, -0.2) is 28.3 Å². The lowest BCUT2D eigenvalue weighted by Crippen LogP contribution is -2.28. The van der Waals surface area contributed by atoms with Crippen LogP contribution in [0.15, 0.2) is 72.8 Å². The maximum absolute atomic E-state index is 15.5. The summed E-state index contributed by atoms with van der Waals surface area (Å²) in [4.78, 5) is 32.2. The molecule has 0 aliphatic rings. The molecule has 0 bridgehead atoms. The first kappa shape index (κ1) is 29.8. The number of methoxy groups -OCH3 is 1. The average molecular weight is 599 g/mol. The largest absolute Gasteiger partial charge is 0.479 e. The minimum absolute atomic E-state index is 0.00854. The third kappa shape index (κ3) is 6.38. The predicted octanol–water partition coefficient (Wildman–Crippen LogP) is 5.22. The second-order valence-corrected chi connectivity index (χ2v) is 9.76. The number of carboxylic acids is 2. The van der Waals surface area contributed by atoms with E-state index >= 15 is 4.39 Å². The Bertz CT molecular complexity index is 1930. The lowest BCUT2D eigenvalue weighted by molar-refractivity contribution is -0.149. The third-order valence-electron chi connectivity index (χ3n) is 6.96. The first-order valence-electron chi connectivity index (χ1n) is 13.2. The molecular formula is C32H24F2N4O6. The van der Waals surface area contributed by atoms with Crippen LogP contribution in [0.1, 0.15) is 32.9 Å². The van der Waals surface area contributed by atoms with Gasteiger partial charge in [-0.15, -0.1) is 0 Å². The van der Waals surface area contributed by atoms with Gasteiger partial charge in [0.1, 0.15) is 24.1 Å². The number of hydrogen-bond acceptors (Lipinski definition) is 7. The van der Waals surface area contributed by atoms with Gasteiger partial charge in [0, 0.05) is 30.7 Å². The fraction of sp³-hybridized carbons (Fsp3) is 0.156. The van der Waals surface area contributed by atoms with E-state index in [-0.39, 0.29) is 47.7 Å². The number of hydrogen-bond donors (Lipinski definition) is 2. The van der Waals surface area contributed by atoms with Gasteiger partial charge in [-0.3, -0.25) is 0 Å². The van der Waals surface area contributed by atoms with Crippen molar-refractivity contribution in [2.75, 3.05) is 7.11 Å². The molecule has 0 aliphatic heterocycles. The summed E-state index contributed by atoms with van der Waals surface area (Å²) in [7, 11) is 1.25. The average Bonchev–Trinajstić information content (AvgIpc) is 3.35. The van der Waals surface area contributed by atoms with Gasteiger partial charge in [0.25, 0.3) is 0 Å². The van der Waals surface area contributed by atoms with Gasteiger partial charge in [0.05, 0.1) is 40.5 Å². The van der Waals surface area contributed by atoms with Crippen LogP contribution in [0.4, 0.5) is 8.78 Å². The summed E-state index contributed by atoms with van der Waals surface area (Å²) in [6, 6.07) is 19.7. The Morgan fingerprint density at radius 1 is 0.977 bits per heavy atom. The summed E-state index contributed by atoms with van der Waals surface area (Å²) in [5.74, 6) is -3.01. The van der Waals surface area contributed by atoms with Crippen molar-refractivity contribution in [1.82, 2.24) is 14.5 Å². The molecule has 3 aromatic carbocycles. The second-order valence-electron chi connectivity index (χ2n) is 9.76. The second kappa shape index (κ2) is 12.7. The Labute approximate surface area is 249 Å². The maximum atomic E-state index is 15.5. The number of aliphatic carboxylic acids is 1. The molecule has 0 aliphatic carbocycles. The molecule has 2 heterocycles. The fourth-order valence-corrected chi connectivity index (χ4v) is 4.63. The molecule has 2 N–H and O–H groups in total. The van der Waals surface area contributed by atoms with Crippen molar-refractivity contribution >= 4 is 23.0 Å². The van der Waals surface area contributed by atoms with Crippen molar-refractivity contribution in [2.24, 2.45) is 0 Å². The normalized spacial score (nSPS) is 11.7. The summed E-state index contributed by atoms with van der Waals surface area (Å²) in [5.41, 5.74) is 2.35. The number of nitriles is 1. The number of imidazole rings is 1. The number of carboxylic acid groups (broad SMARTS) is 2. The zero-order valence-electron chi connectivity index (χ0n) is 23.2. The van der Waals surface area contributed by atoms with Crippen LogP contribution in [0.2, 0.25) is 0 Å². The van der Waals surface area contributed by atoms with Gasteiger partial charge in [0.2, 0.25) is 5.88 Å². The van der Waals surface area contributed by atoms with E-state index in [0.717, 1.165) is 6.07 Å². The molecule has 5 aromatic rings. The fourth-order valence-electron chi connectivity index (χ4n) is 4.63. The third-order valence-corrected chi connectivity index (χ3v) is 6.96. The van der Waals surface area contributed by atoms with E-state index in [1.807, 2.05) is 6.07 Å². The van der Waals surface area contributed by atoms with Gasteiger partial charge >= 0.3 is 11.9 Å². The number of pyridine rings is 1.